The molecule has 1 aromatic carbocycles. The summed E-state index contributed by atoms with van der Waals surface area (Å²) in [6.45, 7) is 6.41. The number of Topliss-reactive ketones (excluding diaryl/α,β-unsaturated/α-hetero) is 1. The Bertz CT molecular complexity index is 840. The Hall–Kier alpha value is -2.96. The largest absolute Gasteiger partial charge is 0.451 e. The number of amides is 1. The Morgan fingerprint density at radius 3 is 2.27 bits per heavy atom. The molecule has 0 aliphatic heterocycles. The predicted octanol–water partition coefficient (Wildman–Crippen LogP) is 3.18. The van der Waals surface area contributed by atoms with Gasteiger partial charge >= 0.3 is 5.97 Å². The molecule has 0 aliphatic rings. The van der Waals surface area contributed by atoms with Crippen molar-refractivity contribution >= 4 is 23.3 Å². The zero-order chi connectivity index (χ0) is 19.4. The van der Waals surface area contributed by atoms with Crippen LogP contribution in [0.15, 0.2) is 24.3 Å². The van der Waals surface area contributed by atoms with E-state index >= 15 is 0 Å². The van der Waals surface area contributed by atoms with Crippen molar-refractivity contribution in [2.24, 2.45) is 0 Å². The lowest BCUT2D eigenvalue weighted by molar-refractivity contribution is -0.121. The number of hydrogen-bond acceptors (Lipinski definition) is 4. The Kier molecular flexibility index (Phi) is 5.92. The normalized spacial score (nSPS) is 10.5. The highest BCUT2D eigenvalue weighted by molar-refractivity contribution is 6.02. The summed E-state index contributed by atoms with van der Waals surface area (Å²) in [6, 6.07) is 5.48. The number of anilines is 1. The lowest BCUT2D eigenvalue weighted by Gasteiger charge is -2.20. The van der Waals surface area contributed by atoms with Gasteiger partial charge in [-0.25, -0.2) is 9.18 Å². The molecule has 1 N–H and O–H groups in total. The zero-order valence-electron chi connectivity index (χ0n) is 15.2. The summed E-state index contributed by atoms with van der Waals surface area (Å²) < 4.78 is 18.1. The van der Waals surface area contributed by atoms with Gasteiger partial charge in [0.05, 0.1) is 0 Å². The van der Waals surface area contributed by atoms with Gasteiger partial charge in [-0.1, -0.05) is 0 Å². The van der Waals surface area contributed by atoms with Crippen molar-refractivity contribution in [3.8, 4) is 0 Å². The van der Waals surface area contributed by atoms with E-state index in [1.54, 1.807) is 20.8 Å². The van der Waals surface area contributed by atoms with Crippen LogP contribution in [-0.2, 0) is 9.53 Å². The quantitative estimate of drug-likeness (QED) is 0.634. The molecule has 0 aliphatic carbocycles. The molecule has 2 rings (SSSR count). The third-order valence-corrected chi connectivity index (χ3v) is 4.08. The second kappa shape index (κ2) is 7.95. The minimum Gasteiger partial charge on any atom is -0.451 e. The number of likely N-dealkylation sites (N-methyl/N-ethyl adjacent to an activating group) is 1. The molecule has 0 radical (unpaired) electrons. The predicted molar refractivity (Wildman–Crippen MR) is 95.0 cm³/mol. The van der Waals surface area contributed by atoms with Crippen LogP contribution in [0.1, 0.15) is 46.0 Å². The van der Waals surface area contributed by atoms with Gasteiger partial charge in [0.1, 0.15) is 11.5 Å². The van der Waals surface area contributed by atoms with Gasteiger partial charge in [0, 0.05) is 23.5 Å². The lowest BCUT2D eigenvalue weighted by Crippen LogP contribution is -2.34. The second-order valence-electron chi connectivity index (χ2n) is 5.87. The summed E-state index contributed by atoms with van der Waals surface area (Å²) in [6.07, 6.45) is 0. The van der Waals surface area contributed by atoms with Gasteiger partial charge in [-0.15, -0.1) is 0 Å². The molecule has 1 heterocycles. The van der Waals surface area contributed by atoms with Gasteiger partial charge in [0.15, 0.2) is 12.4 Å². The number of H-pyrrole nitrogens is 1. The van der Waals surface area contributed by atoms with Gasteiger partial charge in [0.25, 0.3) is 5.91 Å². The van der Waals surface area contributed by atoms with Crippen LogP contribution in [0.2, 0.25) is 0 Å². The highest BCUT2D eigenvalue weighted by atomic mass is 19.1. The Labute approximate surface area is 151 Å². The van der Waals surface area contributed by atoms with Crippen LogP contribution in [0.4, 0.5) is 10.1 Å². The lowest BCUT2D eigenvalue weighted by atomic mass is 10.1. The van der Waals surface area contributed by atoms with E-state index in [1.807, 2.05) is 0 Å². The van der Waals surface area contributed by atoms with Gasteiger partial charge in [-0.2, -0.15) is 0 Å². The number of aryl methyl sites for hydroxylation is 1. The van der Waals surface area contributed by atoms with Gasteiger partial charge < -0.3 is 14.6 Å². The molecule has 6 nitrogen and oxygen atoms in total. The fourth-order valence-electron chi connectivity index (χ4n) is 2.88. The van der Waals surface area contributed by atoms with E-state index in [0.717, 1.165) is 0 Å². The maximum Gasteiger partial charge on any atom is 0.355 e. The first-order valence-electron chi connectivity index (χ1n) is 8.19. The maximum absolute atomic E-state index is 13.0. The number of esters is 1. The molecular formula is C19H21FN2O4. The van der Waals surface area contributed by atoms with E-state index in [9.17, 15) is 18.8 Å². The minimum absolute atomic E-state index is 0.153. The first-order chi connectivity index (χ1) is 12.3. The summed E-state index contributed by atoms with van der Waals surface area (Å²) in [4.78, 5) is 40.5. The number of carbonyl (C=O) groups is 3. The molecule has 138 valence electrons. The number of ether oxygens (including phenoxy) is 1. The van der Waals surface area contributed by atoms with Gasteiger partial charge in [0.2, 0.25) is 0 Å². The van der Waals surface area contributed by atoms with Crippen LogP contribution in [0, 0.1) is 19.7 Å². The average Bonchev–Trinajstić information content (AvgIpc) is 2.89. The van der Waals surface area contributed by atoms with Crippen LogP contribution in [-0.4, -0.2) is 35.8 Å². The van der Waals surface area contributed by atoms with Crippen molar-refractivity contribution in [3.63, 3.8) is 0 Å². The summed E-state index contributed by atoms with van der Waals surface area (Å²) in [5.74, 6) is -1.69. The fourth-order valence-corrected chi connectivity index (χ4v) is 2.88. The number of aromatic amines is 1. The van der Waals surface area contributed by atoms with Crippen molar-refractivity contribution in [3.05, 3.63) is 52.6 Å². The number of nitrogens with one attached hydrogen (secondary N) is 1. The van der Waals surface area contributed by atoms with E-state index in [2.05, 4.69) is 4.98 Å². The van der Waals surface area contributed by atoms with E-state index in [1.165, 1.54) is 36.1 Å². The Morgan fingerprint density at radius 1 is 1.15 bits per heavy atom. The molecular weight excluding hydrogens is 339 g/mol. The zero-order valence-corrected chi connectivity index (χ0v) is 15.2. The van der Waals surface area contributed by atoms with Crippen molar-refractivity contribution in [1.29, 1.82) is 0 Å². The summed E-state index contributed by atoms with van der Waals surface area (Å²) >= 11 is 0. The number of rotatable bonds is 6. The van der Waals surface area contributed by atoms with Gasteiger partial charge in [-0.3, -0.25) is 9.59 Å². The highest BCUT2D eigenvalue weighted by Crippen LogP contribution is 2.19. The molecule has 0 atom stereocenters. The Balaban J connectivity index is 2.09. The standard InChI is InChI=1S/C19H21FN2O4/c1-5-22(15-8-6-14(20)7-9-15)16(24)10-26-19(25)18-11(2)17(13(4)23)12(3)21-18/h6-9,21H,5,10H2,1-4H3. The average molecular weight is 360 g/mol. The number of halogens is 1. The number of carbonyl (C=O) groups excluding carboxylic acids is 3. The van der Waals surface area contributed by atoms with E-state index in [0.29, 0.717) is 29.1 Å². The smallest absolute Gasteiger partial charge is 0.355 e. The molecule has 0 spiro atoms. The maximum atomic E-state index is 13.0. The number of aromatic nitrogens is 1. The third-order valence-electron chi connectivity index (χ3n) is 4.08. The highest BCUT2D eigenvalue weighted by Gasteiger charge is 2.22. The molecule has 0 unspecified atom stereocenters. The molecule has 2 aromatic rings. The van der Waals surface area contributed by atoms with E-state index in [-0.39, 0.29) is 11.5 Å². The number of ketones is 1. The molecule has 1 aromatic heterocycles. The molecule has 0 saturated carbocycles. The number of hydrogen-bond donors (Lipinski definition) is 1. The first-order valence-corrected chi connectivity index (χ1v) is 8.19. The van der Waals surface area contributed by atoms with Crippen LogP contribution in [0.5, 0.6) is 0 Å². The molecule has 1 amide bonds. The fraction of sp³-hybridized carbons (Fsp3) is 0.316. The summed E-state index contributed by atoms with van der Waals surface area (Å²) in [7, 11) is 0. The second-order valence-corrected chi connectivity index (χ2v) is 5.87. The monoisotopic (exact) mass is 360 g/mol. The summed E-state index contributed by atoms with van der Waals surface area (Å²) in [5.41, 5.74) is 2.20. The topological polar surface area (TPSA) is 79.5 Å². The Morgan fingerprint density at radius 2 is 1.77 bits per heavy atom. The number of benzene rings is 1. The SMILES string of the molecule is CCN(C(=O)COC(=O)c1[nH]c(C)c(C(C)=O)c1C)c1ccc(F)cc1. The van der Waals surface area contributed by atoms with Crippen molar-refractivity contribution in [2.75, 3.05) is 18.1 Å². The molecule has 0 bridgehead atoms. The van der Waals surface area contributed by atoms with Crippen molar-refractivity contribution < 1.29 is 23.5 Å². The molecule has 0 saturated heterocycles. The molecule has 7 heteroatoms. The van der Waals surface area contributed by atoms with E-state index < -0.39 is 24.3 Å². The molecule has 26 heavy (non-hydrogen) atoms. The van der Waals surface area contributed by atoms with Crippen LogP contribution in [0.3, 0.4) is 0 Å². The van der Waals surface area contributed by atoms with Crippen LogP contribution in [0.25, 0.3) is 0 Å². The van der Waals surface area contributed by atoms with Gasteiger partial charge in [-0.05, 0) is 57.5 Å². The van der Waals surface area contributed by atoms with Crippen LogP contribution < -0.4 is 4.90 Å². The first kappa shape index (κ1) is 19.4. The molecule has 0 fully saturated rings. The van der Waals surface area contributed by atoms with E-state index in [4.69, 9.17) is 4.74 Å². The summed E-state index contributed by atoms with van der Waals surface area (Å²) in [5, 5.41) is 0. The van der Waals surface area contributed by atoms with Crippen molar-refractivity contribution in [2.45, 2.75) is 27.7 Å². The van der Waals surface area contributed by atoms with Crippen molar-refractivity contribution in [1.82, 2.24) is 4.98 Å². The number of nitrogens with zero attached hydrogens (tertiary/aromatic N) is 1. The third kappa shape index (κ3) is 3.99. The van der Waals surface area contributed by atoms with Crippen LogP contribution >= 0.6 is 0 Å². The minimum atomic E-state index is -0.707.